The molecule has 31 heavy (non-hydrogen) atoms. The van der Waals surface area contributed by atoms with Gasteiger partial charge in [-0.1, -0.05) is 53.5 Å². The summed E-state index contributed by atoms with van der Waals surface area (Å²) in [5, 5.41) is 0. The number of esters is 2. The molecule has 2 heterocycles. The standard InChI is InChI=1S/C19H17Cl2N5O5/c1-29-15(27)18(16(28)30-2)14(19(18,20)21)26-9-23-11-12(26)24-17(22)25-13(11)31-8-10-6-4-3-5-7-10/h3-7,9,14H,8H2,1-2H3,(H2,22,24,25). The van der Waals surface area contributed by atoms with Crippen molar-refractivity contribution in [2.24, 2.45) is 5.41 Å². The van der Waals surface area contributed by atoms with Gasteiger partial charge >= 0.3 is 11.9 Å². The lowest BCUT2D eigenvalue weighted by Gasteiger charge is -2.13. The van der Waals surface area contributed by atoms with Crippen LogP contribution in [0, 0.1) is 5.41 Å². The van der Waals surface area contributed by atoms with Gasteiger partial charge in [0, 0.05) is 0 Å². The Labute approximate surface area is 186 Å². The van der Waals surface area contributed by atoms with Crippen molar-refractivity contribution >= 4 is 52.3 Å². The molecule has 1 aliphatic rings. The number of imidazole rings is 1. The fraction of sp³-hybridized carbons (Fsp3) is 0.316. The zero-order valence-corrected chi connectivity index (χ0v) is 17.9. The monoisotopic (exact) mass is 465 g/mol. The number of anilines is 1. The van der Waals surface area contributed by atoms with Crippen molar-refractivity contribution in [2.45, 2.75) is 17.0 Å². The van der Waals surface area contributed by atoms with Gasteiger partial charge in [0.1, 0.15) is 12.6 Å². The Kier molecular flexibility index (Phi) is 5.14. The van der Waals surface area contributed by atoms with Gasteiger partial charge in [-0.15, -0.1) is 0 Å². The number of carbonyl (C=O) groups is 2. The van der Waals surface area contributed by atoms with Crippen molar-refractivity contribution < 1.29 is 23.8 Å². The Balaban J connectivity index is 1.77. The Hall–Kier alpha value is -3.11. The molecule has 0 amide bonds. The second-order valence-corrected chi connectivity index (χ2v) is 8.19. The zero-order chi connectivity index (χ0) is 22.4. The first-order valence-corrected chi connectivity index (χ1v) is 9.76. The maximum Gasteiger partial charge on any atom is 0.328 e. The number of nitrogens with zero attached hydrogens (tertiary/aromatic N) is 4. The molecule has 2 aromatic heterocycles. The van der Waals surface area contributed by atoms with E-state index in [1.165, 1.54) is 10.9 Å². The van der Waals surface area contributed by atoms with Gasteiger partial charge in [-0.05, 0) is 5.56 Å². The van der Waals surface area contributed by atoms with E-state index in [1.807, 2.05) is 30.3 Å². The van der Waals surface area contributed by atoms with E-state index in [0.717, 1.165) is 19.8 Å². The molecule has 0 bridgehead atoms. The highest BCUT2D eigenvalue weighted by molar-refractivity contribution is 6.56. The number of halogens is 2. The molecule has 4 rings (SSSR count). The van der Waals surface area contributed by atoms with Crippen molar-refractivity contribution in [1.29, 1.82) is 0 Å². The van der Waals surface area contributed by atoms with Crippen LogP contribution in [0.5, 0.6) is 5.88 Å². The van der Waals surface area contributed by atoms with Crippen molar-refractivity contribution in [3.05, 3.63) is 42.2 Å². The average molecular weight is 466 g/mol. The summed E-state index contributed by atoms with van der Waals surface area (Å²) >= 11 is 12.8. The summed E-state index contributed by atoms with van der Waals surface area (Å²) in [5.41, 5.74) is 5.20. The lowest BCUT2D eigenvalue weighted by atomic mass is 10.1. The molecule has 1 aliphatic carbocycles. The summed E-state index contributed by atoms with van der Waals surface area (Å²) in [6.45, 7) is 0.214. The minimum Gasteiger partial charge on any atom is -0.471 e. The van der Waals surface area contributed by atoms with Gasteiger partial charge in [-0.3, -0.25) is 9.59 Å². The van der Waals surface area contributed by atoms with E-state index < -0.39 is 27.7 Å². The first-order valence-electron chi connectivity index (χ1n) is 9.00. The molecule has 0 spiro atoms. The van der Waals surface area contributed by atoms with Crippen LogP contribution in [0.15, 0.2) is 36.7 Å². The SMILES string of the molecule is COC(=O)C1(C(=O)OC)C(n2cnc3c(OCc4ccccc4)nc(N)nc32)C1(Cl)Cl. The quantitative estimate of drug-likeness (QED) is 0.329. The van der Waals surface area contributed by atoms with Crippen LogP contribution in [0.4, 0.5) is 5.95 Å². The predicted octanol–water partition coefficient (Wildman–Crippen LogP) is 2.05. The van der Waals surface area contributed by atoms with Gasteiger partial charge in [0.15, 0.2) is 15.5 Å². The number of methoxy groups -OCH3 is 2. The number of fused-ring (bicyclic) bond motifs is 1. The van der Waals surface area contributed by atoms with E-state index in [4.69, 9.17) is 43.1 Å². The number of hydrogen-bond donors (Lipinski definition) is 1. The average Bonchev–Trinajstić information content (AvgIpc) is 3.05. The minimum absolute atomic E-state index is 0.102. The molecule has 3 aromatic rings. The van der Waals surface area contributed by atoms with Gasteiger partial charge in [0.05, 0.1) is 20.5 Å². The number of hydrogen-bond acceptors (Lipinski definition) is 9. The van der Waals surface area contributed by atoms with Gasteiger partial charge < -0.3 is 24.5 Å². The van der Waals surface area contributed by atoms with Crippen molar-refractivity contribution in [2.75, 3.05) is 20.0 Å². The molecule has 1 atom stereocenters. The van der Waals surface area contributed by atoms with Crippen LogP contribution in [0.1, 0.15) is 11.6 Å². The maximum atomic E-state index is 12.5. The van der Waals surface area contributed by atoms with E-state index in [9.17, 15) is 9.59 Å². The molecule has 0 radical (unpaired) electrons. The van der Waals surface area contributed by atoms with E-state index in [2.05, 4.69) is 15.0 Å². The largest absolute Gasteiger partial charge is 0.471 e. The first kappa shape index (κ1) is 21.1. The third-order valence-corrected chi connectivity index (χ3v) is 6.12. The summed E-state index contributed by atoms with van der Waals surface area (Å²) < 4.78 is 14.9. The molecule has 0 aliphatic heterocycles. The highest BCUT2D eigenvalue weighted by Gasteiger charge is 2.88. The van der Waals surface area contributed by atoms with Crippen molar-refractivity contribution in [3.8, 4) is 5.88 Å². The van der Waals surface area contributed by atoms with E-state index in [-0.39, 0.29) is 29.6 Å². The van der Waals surface area contributed by atoms with E-state index >= 15 is 0 Å². The third-order valence-electron chi connectivity index (χ3n) is 5.11. The molecular weight excluding hydrogens is 449 g/mol. The van der Waals surface area contributed by atoms with Crippen LogP contribution in [-0.4, -0.2) is 50.0 Å². The topological polar surface area (TPSA) is 131 Å². The number of rotatable bonds is 6. The molecule has 1 unspecified atom stereocenters. The molecule has 12 heteroatoms. The van der Waals surface area contributed by atoms with Crippen LogP contribution >= 0.6 is 23.2 Å². The molecule has 162 valence electrons. The fourth-order valence-electron chi connectivity index (χ4n) is 3.59. The Morgan fingerprint density at radius 3 is 2.39 bits per heavy atom. The summed E-state index contributed by atoms with van der Waals surface area (Å²) in [7, 11) is 2.24. The number of alkyl halides is 2. The van der Waals surface area contributed by atoms with Gasteiger partial charge in [-0.2, -0.15) is 9.97 Å². The number of carbonyl (C=O) groups excluding carboxylic acids is 2. The molecule has 1 saturated carbocycles. The number of nitrogens with two attached hydrogens (primary N) is 1. The van der Waals surface area contributed by atoms with E-state index in [1.54, 1.807) is 0 Å². The maximum absolute atomic E-state index is 12.5. The fourth-order valence-corrected chi connectivity index (χ4v) is 4.54. The van der Waals surface area contributed by atoms with Crippen LogP contribution in [-0.2, 0) is 25.7 Å². The Morgan fingerprint density at radius 1 is 1.13 bits per heavy atom. The zero-order valence-electron chi connectivity index (χ0n) is 16.4. The molecule has 10 nitrogen and oxygen atoms in total. The van der Waals surface area contributed by atoms with Gasteiger partial charge in [-0.25, -0.2) is 4.98 Å². The number of ether oxygens (including phenoxy) is 3. The van der Waals surface area contributed by atoms with Crippen LogP contribution < -0.4 is 10.5 Å². The van der Waals surface area contributed by atoms with Gasteiger partial charge in [0.2, 0.25) is 17.2 Å². The Morgan fingerprint density at radius 2 is 1.77 bits per heavy atom. The smallest absolute Gasteiger partial charge is 0.328 e. The number of nitrogen functional groups attached to an aromatic ring is 1. The predicted molar refractivity (Wildman–Crippen MR) is 110 cm³/mol. The summed E-state index contributed by atoms with van der Waals surface area (Å²) in [5.74, 6) is -1.87. The van der Waals surface area contributed by atoms with Crippen molar-refractivity contribution in [1.82, 2.24) is 19.5 Å². The number of aromatic nitrogens is 4. The summed E-state index contributed by atoms with van der Waals surface area (Å²) in [6, 6.07) is 8.32. The van der Waals surface area contributed by atoms with Crippen molar-refractivity contribution in [3.63, 3.8) is 0 Å². The van der Waals surface area contributed by atoms with E-state index in [0.29, 0.717) is 0 Å². The molecule has 1 aromatic carbocycles. The number of benzene rings is 1. The second-order valence-electron chi connectivity index (χ2n) is 6.80. The highest BCUT2D eigenvalue weighted by atomic mass is 35.5. The van der Waals surface area contributed by atoms with Crippen LogP contribution in [0.2, 0.25) is 0 Å². The van der Waals surface area contributed by atoms with Crippen LogP contribution in [0.25, 0.3) is 11.2 Å². The van der Waals surface area contributed by atoms with Crippen LogP contribution in [0.3, 0.4) is 0 Å². The summed E-state index contributed by atoms with van der Waals surface area (Å²) in [6.07, 6.45) is 1.33. The molecule has 1 fully saturated rings. The molecular formula is C19H17Cl2N5O5. The normalized spacial score (nSPS) is 18.4. The molecule has 2 N–H and O–H groups in total. The van der Waals surface area contributed by atoms with Gasteiger partial charge in [0.25, 0.3) is 0 Å². The lowest BCUT2D eigenvalue weighted by molar-refractivity contribution is -0.162. The minimum atomic E-state index is -2.00. The second kappa shape index (κ2) is 7.54. The summed E-state index contributed by atoms with van der Waals surface area (Å²) in [4.78, 5) is 37.6. The molecule has 0 saturated heterocycles. The highest BCUT2D eigenvalue weighted by Crippen LogP contribution is 2.73. The lowest BCUT2D eigenvalue weighted by Crippen LogP contribution is -2.34. The third kappa shape index (κ3) is 3.05. The first-order chi connectivity index (χ1) is 14.8. The Bertz CT molecular complexity index is 1150.